The quantitative estimate of drug-likeness (QED) is 0.0513. The minimum Gasteiger partial charge on any atom is -0.457 e. The molecule has 0 aliphatic rings. The number of carbonyl (C=O) groups excluding carboxylic acids is 3. The molecule has 8 heteroatoms. The predicted octanol–water partition coefficient (Wildman–Crippen LogP) is 9.57. The SMILES string of the molecule is CCc1cccc(C(=O)Nc2ccc(Oc3cccc(CC(=O)c4cccc(C(=O)NCCC[Si](C)(C)CC(C)(C)CCCNC)c4)c3)cc2)c1. The second-order valence-corrected chi connectivity index (χ2v) is 20.2. The fourth-order valence-corrected chi connectivity index (χ4v) is 10.9. The van der Waals surface area contributed by atoms with E-state index in [2.05, 4.69) is 49.8 Å². The third-order valence-electron chi connectivity index (χ3n) is 9.21. The average molecular weight is 706 g/mol. The van der Waals surface area contributed by atoms with Crippen molar-refractivity contribution in [1.82, 2.24) is 10.6 Å². The van der Waals surface area contributed by atoms with Gasteiger partial charge in [0.15, 0.2) is 5.78 Å². The number of ether oxygens (including phenoxy) is 1. The van der Waals surface area contributed by atoms with Crippen LogP contribution in [0.3, 0.4) is 0 Å². The summed E-state index contributed by atoms with van der Waals surface area (Å²) in [6.45, 7) is 13.4. The van der Waals surface area contributed by atoms with Gasteiger partial charge in [0, 0.05) is 43.4 Å². The van der Waals surface area contributed by atoms with Gasteiger partial charge < -0.3 is 20.7 Å². The van der Waals surface area contributed by atoms with E-state index in [0.29, 0.717) is 45.8 Å². The molecule has 0 aliphatic carbocycles. The third-order valence-corrected chi connectivity index (χ3v) is 12.8. The summed E-state index contributed by atoms with van der Waals surface area (Å²) in [5.74, 6) is 0.827. The Bertz CT molecular complexity index is 1770. The molecule has 4 rings (SSSR count). The molecule has 7 nitrogen and oxygen atoms in total. The van der Waals surface area contributed by atoms with Gasteiger partial charge in [-0.15, -0.1) is 0 Å². The van der Waals surface area contributed by atoms with Crippen LogP contribution < -0.4 is 20.7 Å². The highest BCUT2D eigenvalue weighted by atomic mass is 28.3. The summed E-state index contributed by atoms with van der Waals surface area (Å²) in [7, 11) is 0.609. The van der Waals surface area contributed by atoms with Gasteiger partial charge in [0.05, 0.1) is 0 Å². The zero-order valence-corrected chi connectivity index (χ0v) is 32.2. The van der Waals surface area contributed by atoms with E-state index in [1.54, 1.807) is 54.6 Å². The summed E-state index contributed by atoms with van der Waals surface area (Å²) in [5.41, 5.74) is 4.54. The maximum atomic E-state index is 13.3. The summed E-state index contributed by atoms with van der Waals surface area (Å²) >= 11 is 0. The van der Waals surface area contributed by atoms with Gasteiger partial charge in [-0.3, -0.25) is 14.4 Å². The molecule has 0 unspecified atom stereocenters. The van der Waals surface area contributed by atoms with Crippen molar-refractivity contribution in [1.29, 1.82) is 0 Å². The van der Waals surface area contributed by atoms with E-state index in [4.69, 9.17) is 4.74 Å². The first kappa shape index (κ1) is 39.3. The number of rotatable bonds is 19. The molecular weight excluding hydrogens is 651 g/mol. The van der Waals surface area contributed by atoms with E-state index in [1.807, 2.05) is 49.5 Å². The summed E-state index contributed by atoms with van der Waals surface area (Å²) in [6, 6.07) is 31.6. The smallest absolute Gasteiger partial charge is 0.255 e. The molecule has 0 aromatic heterocycles. The molecule has 4 aromatic rings. The molecule has 0 atom stereocenters. The van der Waals surface area contributed by atoms with E-state index in [9.17, 15) is 14.4 Å². The fourth-order valence-electron chi connectivity index (χ4n) is 6.81. The first-order valence-electron chi connectivity index (χ1n) is 18.2. The molecule has 0 bridgehead atoms. The van der Waals surface area contributed by atoms with Crippen molar-refractivity contribution in [2.45, 2.75) is 78.1 Å². The molecular formula is C43H55N3O4Si. The Morgan fingerprint density at radius 2 is 1.39 bits per heavy atom. The average Bonchev–Trinajstić information content (AvgIpc) is 3.10. The standard InChI is InChI=1S/C43H55N3O4Si/c1-7-32-13-8-16-35(27-32)42(49)46-37-19-21-38(22-20-37)50-39-18-9-14-33(28-39)29-40(47)34-15-10-17-36(30-34)41(48)45-25-12-26-51(5,6)31-43(2,3)23-11-24-44-4/h8-10,13-22,27-28,30,44H,7,11-12,23-26,29,31H2,1-6H3,(H,45,48)(H,46,49). The van der Waals surface area contributed by atoms with Crippen LogP contribution in [0.4, 0.5) is 5.69 Å². The van der Waals surface area contributed by atoms with Crippen LogP contribution in [-0.2, 0) is 12.8 Å². The summed E-state index contributed by atoms with van der Waals surface area (Å²) in [4.78, 5) is 39.0. The molecule has 0 heterocycles. The van der Waals surface area contributed by atoms with Gasteiger partial charge in [-0.2, -0.15) is 0 Å². The Morgan fingerprint density at radius 1 is 0.725 bits per heavy atom. The van der Waals surface area contributed by atoms with Crippen molar-refractivity contribution in [2.75, 3.05) is 25.5 Å². The molecule has 0 aliphatic heterocycles. The second kappa shape index (κ2) is 18.6. The number of Topliss-reactive ketones (excluding diaryl/α,β-unsaturated/α-hetero) is 1. The molecule has 0 saturated carbocycles. The molecule has 270 valence electrons. The zero-order chi connectivity index (χ0) is 36.9. The van der Waals surface area contributed by atoms with Crippen LogP contribution in [0.15, 0.2) is 97.1 Å². The maximum Gasteiger partial charge on any atom is 0.255 e. The normalized spacial score (nSPS) is 11.6. The Labute approximate surface area is 305 Å². The van der Waals surface area contributed by atoms with Crippen molar-refractivity contribution in [3.63, 3.8) is 0 Å². The van der Waals surface area contributed by atoms with E-state index in [-0.39, 0.29) is 24.0 Å². The van der Waals surface area contributed by atoms with Crippen molar-refractivity contribution < 1.29 is 19.1 Å². The summed E-state index contributed by atoms with van der Waals surface area (Å²) < 4.78 is 6.07. The van der Waals surface area contributed by atoms with Crippen LogP contribution in [0.2, 0.25) is 25.2 Å². The molecule has 2 amide bonds. The molecule has 4 aromatic carbocycles. The first-order chi connectivity index (χ1) is 24.4. The highest BCUT2D eigenvalue weighted by Gasteiger charge is 2.29. The number of amides is 2. The highest BCUT2D eigenvalue weighted by molar-refractivity contribution is 6.77. The van der Waals surface area contributed by atoms with Gasteiger partial charge in [0.2, 0.25) is 0 Å². The number of aryl methyl sites for hydroxylation is 1. The monoisotopic (exact) mass is 705 g/mol. The van der Waals surface area contributed by atoms with E-state index >= 15 is 0 Å². The lowest BCUT2D eigenvalue weighted by Crippen LogP contribution is -2.34. The minimum atomic E-state index is -1.40. The van der Waals surface area contributed by atoms with Crippen molar-refractivity contribution in [3.8, 4) is 11.5 Å². The lowest BCUT2D eigenvalue weighted by Gasteiger charge is -2.34. The van der Waals surface area contributed by atoms with Crippen LogP contribution in [0.1, 0.15) is 82.2 Å². The molecule has 0 fully saturated rings. The van der Waals surface area contributed by atoms with Crippen LogP contribution in [0, 0.1) is 5.41 Å². The minimum absolute atomic E-state index is 0.0727. The number of benzene rings is 4. The summed E-state index contributed by atoms with van der Waals surface area (Å²) in [6.07, 6.45) is 4.43. The lowest BCUT2D eigenvalue weighted by molar-refractivity contribution is 0.0952. The molecule has 0 spiro atoms. The van der Waals surface area contributed by atoms with Gasteiger partial charge >= 0.3 is 0 Å². The van der Waals surface area contributed by atoms with Crippen LogP contribution in [-0.4, -0.2) is 45.8 Å². The largest absolute Gasteiger partial charge is 0.457 e. The van der Waals surface area contributed by atoms with E-state index < -0.39 is 8.07 Å². The lowest BCUT2D eigenvalue weighted by atomic mass is 9.90. The molecule has 51 heavy (non-hydrogen) atoms. The topological polar surface area (TPSA) is 96.5 Å². The third kappa shape index (κ3) is 12.9. The Balaban J connectivity index is 1.26. The number of hydrogen-bond donors (Lipinski definition) is 3. The zero-order valence-electron chi connectivity index (χ0n) is 31.2. The highest BCUT2D eigenvalue weighted by Crippen LogP contribution is 2.35. The number of nitrogens with one attached hydrogen (secondary N) is 3. The van der Waals surface area contributed by atoms with E-state index in [0.717, 1.165) is 30.5 Å². The van der Waals surface area contributed by atoms with E-state index in [1.165, 1.54) is 24.9 Å². The second-order valence-electron chi connectivity index (χ2n) is 15.0. The number of anilines is 1. The van der Waals surface area contributed by atoms with Crippen LogP contribution in [0.5, 0.6) is 11.5 Å². The van der Waals surface area contributed by atoms with Crippen molar-refractivity contribution in [2.24, 2.45) is 5.41 Å². The molecule has 0 radical (unpaired) electrons. The van der Waals surface area contributed by atoms with Gasteiger partial charge in [0.1, 0.15) is 11.5 Å². The predicted molar refractivity (Wildman–Crippen MR) is 212 cm³/mol. The van der Waals surface area contributed by atoms with Gasteiger partial charge in [0.25, 0.3) is 11.8 Å². The maximum absolute atomic E-state index is 13.3. The van der Waals surface area contributed by atoms with Gasteiger partial charge in [-0.25, -0.2) is 0 Å². The van der Waals surface area contributed by atoms with Crippen LogP contribution >= 0.6 is 0 Å². The Hall–Kier alpha value is -4.53. The number of hydrogen-bond acceptors (Lipinski definition) is 5. The number of carbonyl (C=O) groups is 3. The Kier molecular flexibility index (Phi) is 14.3. The number of ketones is 1. The fraction of sp³-hybridized carbons (Fsp3) is 0.372. The van der Waals surface area contributed by atoms with Crippen molar-refractivity contribution >= 4 is 31.4 Å². The first-order valence-corrected chi connectivity index (χ1v) is 21.6. The molecule has 0 saturated heterocycles. The molecule has 3 N–H and O–H groups in total. The van der Waals surface area contributed by atoms with Crippen LogP contribution in [0.25, 0.3) is 0 Å². The summed E-state index contributed by atoms with van der Waals surface area (Å²) in [5, 5.41) is 9.25. The van der Waals surface area contributed by atoms with Gasteiger partial charge in [-0.05, 0) is 116 Å². The Morgan fingerprint density at radius 3 is 2.12 bits per heavy atom. The van der Waals surface area contributed by atoms with Crippen molar-refractivity contribution in [3.05, 3.63) is 125 Å². The van der Waals surface area contributed by atoms with Gasteiger partial charge in [-0.1, -0.05) is 82.4 Å².